The first-order valence-electron chi connectivity index (χ1n) is 8.29. The summed E-state index contributed by atoms with van der Waals surface area (Å²) in [6, 6.07) is 6.06. The molecule has 0 spiro atoms. The van der Waals surface area contributed by atoms with Gasteiger partial charge in [-0.2, -0.15) is 0 Å². The Bertz CT molecular complexity index is 653. The summed E-state index contributed by atoms with van der Waals surface area (Å²) in [6.45, 7) is 5.00. The van der Waals surface area contributed by atoms with Crippen LogP contribution in [0.2, 0.25) is 5.02 Å². The minimum atomic E-state index is -3.67. The Labute approximate surface area is 156 Å². The van der Waals surface area contributed by atoms with Gasteiger partial charge in [0.25, 0.3) is 0 Å². The van der Waals surface area contributed by atoms with Gasteiger partial charge in [0.15, 0.2) is 0 Å². The van der Waals surface area contributed by atoms with Crippen molar-refractivity contribution in [3.05, 3.63) is 29.3 Å². The van der Waals surface area contributed by atoms with Crippen LogP contribution in [0, 0.1) is 5.92 Å². The second kappa shape index (κ2) is 10.1. The lowest BCUT2D eigenvalue weighted by Crippen LogP contribution is -2.43. The molecule has 0 aromatic heterocycles. The predicted molar refractivity (Wildman–Crippen MR) is 101 cm³/mol. The third-order valence-corrected chi connectivity index (χ3v) is 5.15. The van der Waals surface area contributed by atoms with E-state index in [4.69, 9.17) is 11.6 Å². The molecule has 142 valence electrons. The largest absolute Gasteiger partial charge is 0.352 e. The molecule has 8 heteroatoms. The summed E-state index contributed by atoms with van der Waals surface area (Å²) in [4.78, 5) is 14.2. The number of halogens is 1. The third kappa shape index (κ3) is 8.67. The number of carbonyl (C=O) groups is 1. The summed E-state index contributed by atoms with van der Waals surface area (Å²) in [5.74, 6) is 0.299. The van der Waals surface area contributed by atoms with Gasteiger partial charge in [0.05, 0.1) is 4.90 Å². The smallest absolute Gasteiger partial charge is 0.240 e. The van der Waals surface area contributed by atoms with Gasteiger partial charge in [0.1, 0.15) is 0 Å². The van der Waals surface area contributed by atoms with Crippen LogP contribution in [-0.2, 0) is 14.8 Å². The summed E-state index contributed by atoms with van der Waals surface area (Å²) in [6.07, 6.45) is 0.958. The van der Waals surface area contributed by atoms with Crippen molar-refractivity contribution in [1.29, 1.82) is 0 Å². The van der Waals surface area contributed by atoms with Gasteiger partial charge in [0, 0.05) is 30.6 Å². The number of sulfonamides is 1. The molecule has 1 unspecified atom stereocenters. The Morgan fingerprint density at radius 3 is 2.52 bits per heavy atom. The first kappa shape index (κ1) is 21.9. The first-order chi connectivity index (χ1) is 11.6. The molecular formula is C17H28ClN3O3S. The predicted octanol–water partition coefficient (Wildman–Crippen LogP) is 2.10. The summed E-state index contributed by atoms with van der Waals surface area (Å²) in [7, 11) is 0.246. The fourth-order valence-electron chi connectivity index (χ4n) is 2.51. The van der Waals surface area contributed by atoms with Gasteiger partial charge in [-0.3, -0.25) is 4.79 Å². The second-order valence-corrected chi connectivity index (χ2v) is 8.96. The number of carbonyl (C=O) groups excluding carboxylic acids is 1. The van der Waals surface area contributed by atoms with Crippen molar-refractivity contribution in [2.45, 2.75) is 37.6 Å². The zero-order valence-electron chi connectivity index (χ0n) is 15.3. The van der Waals surface area contributed by atoms with E-state index < -0.39 is 10.0 Å². The van der Waals surface area contributed by atoms with Crippen molar-refractivity contribution in [3.63, 3.8) is 0 Å². The van der Waals surface area contributed by atoms with Crippen LogP contribution in [0.3, 0.4) is 0 Å². The van der Waals surface area contributed by atoms with Crippen molar-refractivity contribution in [1.82, 2.24) is 14.9 Å². The number of nitrogens with one attached hydrogen (secondary N) is 2. The number of benzene rings is 1. The molecule has 0 aliphatic heterocycles. The van der Waals surface area contributed by atoms with Crippen LogP contribution in [0.15, 0.2) is 29.2 Å². The van der Waals surface area contributed by atoms with Gasteiger partial charge in [-0.25, -0.2) is 13.1 Å². The van der Waals surface area contributed by atoms with Gasteiger partial charge in [-0.15, -0.1) is 0 Å². The van der Waals surface area contributed by atoms with Crippen molar-refractivity contribution in [2.24, 2.45) is 5.92 Å². The molecule has 25 heavy (non-hydrogen) atoms. The number of amides is 1. The van der Waals surface area contributed by atoms with Gasteiger partial charge in [-0.1, -0.05) is 31.5 Å². The Balaban J connectivity index is 2.52. The SMILES string of the molecule is CC(C)CC(CN(C)C)NC(=O)CCNS(=O)(=O)c1cccc(Cl)c1. The Morgan fingerprint density at radius 1 is 1.28 bits per heavy atom. The second-order valence-electron chi connectivity index (χ2n) is 6.76. The highest BCUT2D eigenvalue weighted by Gasteiger charge is 2.17. The molecule has 0 bridgehead atoms. The lowest BCUT2D eigenvalue weighted by Gasteiger charge is -2.24. The molecule has 0 fully saturated rings. The molecule has 0 saturated heterocycles. The van der Waals surface area contributed by atoms with E-state index >= 15 is 0 Å². The van der Waals surface area contributed by atoms with Crippen molar-refractivity contribution < 1.29 is 13.2 Å². The fraction of sp³-hybridized carbons (Fsp3) is 0.588. The van der Waals surface area contributed by atoms with Gasteiger partial charge in [-0.05, 0) is 44.6 Å². The summed E-state index contributed by atoms with van der Waals surface area (Å²) in [5, 5.41) is 3.33. The highest BCUT2D eigenvalue weighted by Crippen LogP contribution is 2.15. The molecule has 0 saturated carbocycles. The molecule has 0 radical (unpaired) electrons. The average Bonchev–Trinajstić information content (AvgIpc) is 2.45. The van der Waals surface area contributed by atoms with Crippen LogP contribution in [0.4, 0.5) is 0 Å². The molecule has 6 nitrogen and oxygen atoms in total. The minimum Gasteiger partial charge on any atom is -0.352 e. The van der Waals surface area contributed by atoms with Crippen molar-refractivity contribution in [2.75, 3.05) is 27.2 Å². The van der Waals surface area contributed by atoms with Crippen LogP contribution in [0.1, 0.15) is 26.7 Å². The first-order valence-corrected chi connectivity index (χ1v) is 10.2. The number of hydrogen-bond acceptors (Lipinski definition) is 4. The molecular weight excluding hydrogens is 362 g/mol. The van der Waals surface area contributed by atoms with Crippen LogP contribution < -0.4 is 10.0 Å². The molecule has 1 aromatic carbocycles. The van der Waals surface area contributed by atoms with E-state index in [2.05, 4.69) is 23.9 Å². The molecule has 0 heterocycles. The molecule has 1 atom stereocenters. The minimum absolute atomic E-state index is 0.0387. The summed E-state index contributed by atoms with van der Waals surface area (Å²) >= 11 is 5.82. The van der Waals surface area contributed by atoms with E-state index in [1.165, 1.54) is 12.1 Å². The fourth-order valence-corrected chi connectivity index (χ4v) is 3.84. The van der Waals surface area contributed by atoms with Gasteiger partial charge >= 0.3 is 0 Å². The standard InChI is InChI=1S/C17H28ClN3O3S/c1-13(2)10-15(12-21(3)4)20-17(22)8-9-19-25(23,24)16-7-5-6-14(18)11-16/h5-7,11,13,15,19H,8-10,12H2,1-4H3,(H,20,22). The topological polar surface area (TPSA) is 78.5 Å². The molecule has 1 aromatic rings. The van der Waals surface area contributed by atoms with Crippen LogP contribution in [0.5, 0.6) is 0 Å². The highest BCUT2D eigenvalue weighted by atomic mass is 35.5. The monoisotopic (exact) mass is 389 g/mol. The molecule has 1 amide bonds. The maximum absolute atomic E-state index is 12.2. The van der Waals surface area contributed by atoms with Crippen LogP contribution >= 0.6 is 11.6 Å². The van der Waals surface area contributed by atoms with E-state index in [9.17, 15) is 13.2 Å². The van der Waals surface area contributed by atoms with Crippen LogP contribution in [0.25, 0.3) is 0 Å². The number of rotatable bonds is 10. The van der Waals surface area contributed by atoms with Crippen molar-refractivity contribution >= 4 is 27.5 Å². The lowest BCUT2D eigenvalue weighted by atomic mass is 10.0. The molecule has 0 aliphatic carbocycles. The Kier molecular flexibility index (Phi) is 8.85. The van der Waals surface area contributed by atoms with Crippen molar-refractivity contribution in [3.8, 4) is 0 Å². The normalized spacial score (nSPS) is 13.2. The van der Waals surface area contributed by atoms with E-state index in [0.29, 0.717) is 10.9 Å². The number of hydrogen-bond donors (Lipinski definition) is 2. The third-order valence-electron chi connectivity index (χ3n) is 3.46. The lowest BCUT2D eigenvalue weighted by molar-refractivity contribution is -0.121. The van der Waals surface area contributed by atoms with Gasteiger partial charge in [0.2, 0.25) is 15.9 Å². The van der Waals surface area contributed by atoms with E-state index in [1.54, 1.807) is 12.1 Å². The Morgan fingerprint density at radius 2 is 1.96 bits per heavy atom. The quantitative estimate of drug-likeness (QED) is 0.642. The van der Waals surface area contributed by atoms with Gasteiger partial charge < -0.3 is 10.2 Å². The highest BCUT2D eigenvalue weighted by molar-refractivity contribution is 7.89. The summed E-state index contributed by atoms with van der Waals surface area (Å²) in [5.41, 5.74) is 0. The molecule has 1 rings (SSSR count). The molecule has 0 aliphatic rings. The Hall–Kier alpha value is -1.15. The zero-order chi connectivity index (χ0) is 19.0. The maximum atomic E-state index is 12.2. The van der Waals surface area contributed by atoms with E-state index in [1.807, 2.05) is 19.0 Å². The summed E-state index contributed by atoms with van der Waals surface area (Å²) < 4.78 is 26.8. The number of likely N-dealkylation sites (N-methyl/N-ethyl adjacent to an activating group) is 1. The maximum Gasteiger partial charge on any atom is 0.240 e. The van der Waals surface area contributed by atoms with E-state index in [-0.39, 0.29) is 29.8 Å². The van der Waals surface area contributed by atoms with Crippen LogP contribution in [-0.4, -0.2) is 52.5 Å². The molecule has 2 N–H and O–H groups in total. The average molecular weight is 390 g/mol. The zero-order valence-corrected chi connectivity index (χ0v) is 16.8. The van der Waals surface area contributed by atoms with E-state index in [0.717, 1.165) is 13.0 Å². The number of nitrogens with zero attached hydrogens (tertiary/aromatic N) is 1.